The smallest absolute Gasteiger partial charge is 0.0501 e. The van der Waals surface area contributed by atoms with Gasteiger partial charge < -0.3 is 10.2 Å². The van der Waals surface area contributed by atoms with Crippen molar-refractivity contribution in [3.8, 4) is 0 Å². The minimum atomic E-state index is 0.0811. The second-order valence-electron chi connectivity index (χ2n) is 5.88. The van der Waals surface area contributed by atoms with Gasteiger partial charge in [0.2, 0.25) is 0 Å². The molecule has 18 heavy (non-hydrogen) atoms. The molecule has 1 atom stereocenters. The van der Waals surface area contributed by atoms with Crippen molar-refractivity contribution in [3.05, 3.63) is 34.9 Å². The van der Waals surface area contributed by atoms with Gasteiger partial charge in [-0.2, -0.15) is 0 Å². The number of benzene rings is 1. The zero-order chi connectivity index (χ0) is 13.9. The molecule has 1 rings (SSSR count). The van der Waals surface area contributed by atoms with Crippen molar-refractivity contribution in [2.75, 3.05) is 20.6 Å². The zero-order valence-corrected chi connectivity index (χ0v) is 13.0. The van der Waals surface area contributed by atoms with Gasteiger partial charge in [-0.15, -0.1) is 0 Å². The van der Waals surface area contributed by atoms with Gasteiger partial charge in [-0.1, -0.05) is 25.1 Å². The van der Waals surface area contributed by atoms with E-state index in [0.717, 1.165) is 6.54 Å². The Morgan fingerprint density at radius 2 is 1.78 bits per heavy atom. The molecule has 0 aliphatic rings. The Morgan fingerprint density at radius 3 is 2.22 bits per heavy atom. The van der Waals surface area contributed by atoms with Gasteiger partial charge in [-0.25, -0.2) is 0 Å². The summed E-state index contributed by atoms with van der Waals surface area (Å²) in [6.07, 6.45) is 0. The lowest BCUT2D eigenvalue weighted by Gasteiger charge is -2.41. The summed E-state index contributed by atoms with van der Waals surface area (Å²) in [5.74, 6) is 0. The van der Waals surface area contributed by atoms with Gasteiger partial charge in [0.15, 0.2) is 0 Å². The second kappa shape index (κ2) is 5.85. The Hall–Kier alpha value is -0.860. The van der Waals surface area contributed by atoms with E-state index in [2.05, 4.69) is 77.1 Å². The Kier molecular flexibility index (Phi) is 4.94. The van der Waals surface area contributed by atoms with Crippen LogP contribution in [0.25, 0.3) is 0 Å². The van der Waals surface area contributed by atoms with Crippen molar-refractivity contribution in [1.82, 2.24) is 10.2 Å². The van der Waals surface area contributed by atoms with Crippen LogP contribution in [0.4, 0.5) is 0 Å². The standard InChI is InChI=1S/C16H28N2/c1-8-17-15(16(4,5)18(6)7)14-10-9-12(2)13(3)11-14/h9-11,15,17H,8H2,1-7H3. The molecule has 1 aromatic carbocycles. The van der Waals surface area contributed by atoms with Crippen LogP contribution in [0.1, 0.15) is 43.5 Å². The summed E-state index contributed by atoms with van der Waals surface area (Å²) < 4.78 is 0. The summed E-state index contributed by atoms with van der Waals surface area (Å²) in [5.41, 5.74) is 4.18. The van der Waals surface area contributed by atoms with Crippen LogP contribution in [0.2, 0.25) is 0 Å². The van der Waals surface area contributed by atoms with E-state index in [1.807, 2.05) is 0 Å². The molecular formula is C16H28N2. The van der Waals surface area contributed by atoms with Crippen LogP contribution in [0.5, 0.6) is 0 Å². The number of nitrogens with one attached hydrogen (secondary N) is 1. The molecule has 1 aromatic rings. The maximum absolute atomic E-state index is 3.63. The number of likely N-dealkylation sites (N-methyl/N-ethyl adjacent to an activating group) is 2. The molecule has 0 radical (unpaired) electrons. The van der Waals surface area contributed by atoms with E-state index in [0.29, 0.717) is 6.04 Å². The Morgan fingerprint density at radius 1 is 1.17 bits per heavy atom. The van der Waals surface area contributed by atoms with E-state index in [1.165, 1.54) is 16.7 Å². The second-order valence-corrected chi connectivity index (χ2v) is 5.88. The van der Waals surface area contributed by atoms with Gasteiger partial charge in [-0.3, -0.25) is 0 Å². The first-order valence-electron chi connectivity index (χ1n) is 6.78. The largest absolute Gasteiger partial charge is 0.309 e. The first-order valence-corrected chi connectivity index (χ1v) is 6.78. The number of rotatable bonds is 5. The Balaban J connectivity index is 3.15. The Labute approximate surface area is 112 Å². The molecule has 2 nitrogen and oxygen atoms in total. The topological polar surface area (TPSA) is 15.3 Å². The normalized spacial score (nSPS) is 14.0. The molecule has 102 valence electrons. The van der Waals surface area contributed by atoms with Gasteiger partial charge in [0.1, 0.15) is 0 Å². The zero-order valence-electron chi connectivity index (χ0n) is 13.0. The molecule has 1 N–H and O–H groups in total. The molecule has 1 unspecified atom stereocenters. The van der Waals surface area contributed by atoms with Crippen LogP contribution in [-0.4, -0.2) is 31.1 Å². The molecule has 0 heterocycles. The third-order valence-corrected chi connectivity index (χ3v) is 4.13. The van der Waals surface area contributed by atoms with Gasteiger partial charge in [0.25, 0.3) is 0 Å². The number of aryl methyl sites for hydroxylation is 2. The van der Waals surface area contributed by atoms with Gasteiger partial charge in [0, 0.05) is 5.54 Å². The van der Waals surface area contributed by atoms with Crippen LogP contribution in [0.3, 0.4) is 0 Å². The van der Waals surface area contributed by atoms with Crippen LogP contribution in [0.15, 0.2) is 18.2 Å². The molecule has 0 spiro atoms. The van der Waals surface area contributed by atoms with Crippen molar-refractivity contribution in [3.63, 3.8) is 0 Å². The highest BCUT2D eigenvalue weighted by Gasteiger charge is 2.32. The number of hydrogen-bond acceptors (Lipinski definition) is 2. The summed E-state index contributed by atoms with van der Waals surface area (Å²) in [6, 6.07) is 7.13. The average Bonchev–Trinajstić information content (AvgIpc) is 2.29. The molecule has 0 bridgehead atoms. The van der Waals surface area contributed by atoms with Gasteiger partial charge in [-0.05, 0) is 65.0 Å². The third-order valence-electron chi connectivity index (χ3n) is 4.13. The van der Waals surface area contributed by atoms with Crippen molar-refractivity contribution in [1.29, 1.82) is 0 Å². The quantitative estimate of drug-likeness (QED) is 0.860. The summed E-state index contributed by atoms with van der Waals surface area (Å²) in [6.45, 7) is 12.1. The predicted molar refractivity (Wildman–Crippen MR) is 80.1 cm³/mol. The first kappa shape index (κ1) is 15.2. The summed E-state index contributed by atoms with van der Waals surface area (Å²) >= 11 is 0. The van der Waals surface area contributed by atoms with Crippen molar-refractivity contribution in [2.45, 2.75) is 46.2 Å². The lowest BCUT2D eigenvalue weighted by Crippen LogP contribution is -2.49. The van der Waals surface area contributed by atoms with Crippen LogP contribution >= 0.6 is 0 Å². The highest BCUT2D eigenvalue weighted by Crippen LogP contribution is 2.30. The molecule has 0 saturated heterocycles. The fraction of sp³-hybridized carbons (Fsp3) is 0.625. The predicted octanol–water partition coefficient (Wildman–Crippen LogP) is 3.29. The lowest BCUT2D eigenvalue weighted by molar-refractivity contribution is 0.139. The molecule has 0 aliphatic carbocycles. The highest BCUT2D eigenvalue weighted by atomic mass is 15.2. The van der Waals surface area contributed by atoms with Crippen LogP contribution in [0, 0.1) is 13.8 Å². The number of hydrogen-bond donors (Lipinski definition) is 1. The molecule has 2 heteroatoms. The summed E-state index contributed by atoms with van der Waals surface area (Å²) in [4.78, 5) is 2.29. The molecule has 0 fully saturated rings. The van der Waals surface area contributed by atoms with Crippen molar-refractivity contribution >= 4 is 0 Å². The average molecular weight is 248 g/mol. The van der Waals surface area contributed by atoms with E-state index in [-0.39, 0.29) is 5.54 Å². The summed E-state index contributed by atoms with van der Waals surface area (Å²) in [5, 5.41) is 3.63. The summed E-state index contributed by atoms with van der Waals surface area (Å²) in [7, 11) is 4.29. The first-order chi connectivity index (χ1) is 8.30. The van der Waals surface area contributed by atoms with Crippen molar-refractivity contribution in [2.24, 2.45) is 0 Å². The van der Waals surface area contributed by atoms with E-state index in [4.69, 9.17) is 0 Å². The third kappa shape index (κ3) is 3.12. The maximum Gasteiger partial charge on any atom is 0.0501 e. The van der Waals surface area contributed by atoms with Crippen LogP contribution in [-0.2, 0) is 0 Å². The van der Waals surface area contributed by atoms with Crippen molar-refractivity contribution < 1.29 is 0 Å². The fourth-order valence-corrected chi connectivity index (χ4v) is 2.18. The molecular weight excluding hydrogens is 220 g/mol. The minimum absolute atomic E-state index is 0.0811. The molecule has 0 saturated carbocycles. The van der Waals surface area contributed by atoms with Gasteiger partial charge >= 0.3 is 0 Å². The maximum atomic E-state index is 3.63. The molecule has 0 aromatic heterocycles. The minimum Gasteiger partial charge on any atom is -0.309 e. The Bertz CT molecular complexity index is 394. The van der Waals surface area contributed by atoms with E-state index in [1.54, 1.807) is 0 Å². The molecule has 0 aliphatic heterocycles. The fourth-order valence-electron chi connectivity index (χ4n) is 2.18. The van der Waals surface area contributed by atoms with E-state index in [9.17, 15) is 0 Å². The van der Waals surface area contributed by atoms with Crippen LogP contribution < -0.4 is 5.32 Å². The van der Waals surface area contributed by atoms with Gasteiger partial charge in [0.05, 0.1) is 6.04 Å². The number of nitrogens with zero attached hydrogens (tertiary/aromatic N) is 1. The van der Waals surface area contributed by atoms with E-state index >= 15 is 0 Å². The lowest BCUT2D eigenvalue weighted by atomic mass is 9.86. The highest BCUT2D eigenvalue weighted by molar-refractivity contribution is 5.33. The SMILES string of the molecule is CCNC(c1ccc(C)c(C)c1)C(C)(C)N(C)C. The molecule has 0 amide bonds. The van der Waals surface area contributed by atoms with E-state index < -0.39 is 0 Å². The monoisotopic (exact) mass is 248 g/mol.